The summed E-state index contributed by atoms with van der Waals surface area (Å²) in [7, 11) is 0. The lowest BCUT2D eigenvalue weighted by molar-refractivity contribution is -0.0498. The Morgan fingerprint density at radius 2 is 1.44 bits per heavy atom. The van der Waals surface area contributed by atoms with Gasteiger partial charge in [-0.15, -0.1) is 0 Å². The molecule has 0 N–H and O–H groups in total. The van der Waals surface area contributed by atoms with Crippen LogP contribution in [0.4, 0.5) is 22.0 Å². The van der Waals surface area contributed by atoms with E-state index in [1.54, 1.807) is 36.4 Å². The SMILES string of the molecule is CCCCCc1cc(F)c(-c2ccc3c(F)c(CCc4ccc(OC(F)F)cc4)ccc3c2)c(F)c1. The zero-order valence-corrected chi connectivity index (χ0v) is 20.0. The number of unbranched alkanes of at least 4 members (excludes halogenated alkanes) is 2. The molecule has 0 heterocycles. The molecule has 0 bridgehead atoms. The number of aryl methyl sites for hydroxylation is 3. The van der Waals surface area contributed by atoms with Crippen LogP contribution >= 0.6 is 0 Å². The van der Waals surface area contributed by atoms with Gasteiger partial charge in [-0.3, -0.25) is 0 Å². The molecule has 0 aliphatic heterocycles. The van der Waals surface area contributed by atoms with Crippen molar-refractivity contribution in [3.63, 3.8) is 0 Å². The fraction of sp³-hybridized carbons (Fsp3) is 0.267. The van der Waals surface area contributed by atoms with Gasteiger partial charge in [-0.05, 0) is 83.7 Å². The molecule has 0 fully saturated rings. The maximum absolute atomic E-state index is 15.2. The molecule has 4 rings (SSSR count). The Morgan fingerprint density at radius 1 is 0.722 bits per heavy atom. The predicted molar refractivity (Wildman–Crippen MR) is 133 cm³/mol. The van der Waals surface area contributed by atoms with Crippen LogP contribution in [-0.4, -0.2) is 6.61 Å². The average molecular weight is 499 g/mol. The topological polar surface area (TPSA) is 9.23 Å². The largest absolute Gasteiger partial charge is 0.435 e. The van der Waals surface area contributed by atoms with Crippen molar-refractivity contribution in [2.45, 2.75) is 52.1 Å². The molecule has 6 heteroatoms. The molecule has 188 valence electrons. The van der Waals surface area contributed by atoms with Crippen molar-refractivity contribution in [3.8, 4) is 16.9 Å². The molecule has 0 unspecified atom stereocenters. The molecule has 0 aliphatic rings. The van der Waals surface area contributed by atoms with E-state index in [1.807, 2.05) is 0 Å². The van der Waals surface area contributed by atoms with Crippen molar-refractivity contribution >= 4 is 10.8 Å². The number of alkyl halides is 2. The zero-order valence-electron chi connectivity index (χ0n) is 20.0. The number of hydrogen-bond donors (Lipinski definition) is 0. The summed E-state index contributed by atoms with van der Waals surface area (Å²) in [5.41, 5.74) is 2.23. The van der Waals surface area contributed by atoms with E-state index >= 15 is 4.39 Å². The number of rotatable bonds is 10. The van der Waals surface area contributed by atoms with Gasteiger partial charge in [-0.25, -0.2) is 13.2 Å². The summed E-state index contributed by atoms with van der Waals surface area (Å²) < 4.78 is 73.8. The first-order chi connectivity index (χ1) is 17.4. The van der Waals surface area contributed by atoms with Crippen molar-refractivity contribution in [1.82, 2.24) is 0 Å². The van der Waals surface area contributed by atoms with Crippen LogP contribution in [0.25, 0.3) is 21.9 Å². The van der Waals surface area contributed by atoms with E-state index in [0.717, 1.165) is 24.8 Å². The van der Waals surface area contributed by atoms with E-state index in [-0.39, 0.29) is 17.1 Å². The molecule has 1 nitrogen and oxygen atoms in total. The standard InChI is InChI=1S/C30H27F5O/c1-2-3-4-5-20-16-26(31)28(27(32)17-20)23-12-15-25-22(18-23)11-10-21(29(25)33)9-6-19-7-13-24(14-8-19)36-30(34)35/h7-8,10-18,30H,2-6,9H2,1H3. The zero-order chi connectivity index (χ0) is 25.7. The summed E-state index contributed by atoms with van der Waals surface area (Å²) >= 11 is 0. The normalized spacial score (nSPS) is 11.4. The average Bonchev–Trinajstić information content (AvgIpc) is 2.84. The molecule has 0 saturated carbocycles. The minimum atomic E-state index is -2.88. The molecule has 0 saturated heterocycles. The van der Waals surface area contributed by atoms with Gasteiger partial charge in [0.25, 0.3) is 0 Å². The summed E-state index contributed by atoms with van der Waals surface area (Å²) in [4.78, 5) is 0. The number of hydrogen-bond acceptors (Lipinski definition) is 1. The van der Waals surface area contributed by atoms with Gasteiger partial charge < -0.3 is 4.74 Å². The second-order valence-electron chi connectivity index (χ2n) is 8.89. The second kappa shape index (κ2) is 11.5. The summed E-state index contributed by atoms with van der Waals surface area (Å²) in [6.45, 7) is -0.809. The van der Waals surface area contributed by atoms with Crippen LogP contribution in [0, 0.1) is 17.5 Å². The summed E-state index contributed by atoms with van der Waals surface area (Å²) in [6, 6.07) is 17.1. The molecule has 36 heavy (non-hydrogen) atoms. The molecule has 0 spiro atoms. The maximum Gasteiger partial charge on any atom is 0.387 e. The van der Waals surface area contributed by atoms with E-state index in [4.69, 9.17) is 0 Å². The maximum atomic E-state index is 15.2. The van der Waals surface area contributed by atoms with Crippen LogP contribution in [0.5, 0.6) is 5.75 Å². The monoisotopic (exact) mass is 498 g/mol. The van der Waals surface area contributed by atoms with Crippen molar-refractivity contribution in [2.24, 2.45) is 0 Å². The number of ether oxygens (including phenoxy) is 1. The molecular formula is C30H27F5O. The smallest absolute Gasteiger partial charge is 0.387 e. The van der Waals surface area contributed by atoms with Gasteiger partial charge in [0.05, 0.1) is 5.56 Å². The van der Waals surface area contributed by atoms with E-state index < -0.39 is 18.2 Å². The Balaban J connectivity index is 1.52. The van der Waals surface area contributed by atoms with Crippen LogP contribution in [-0.2, 0) is 19.3 Å². The molecule has 0 aromatic heterocycles. The first-order valence-electron chi connectivity index (χ1n) is 12.1. The number of benzene rings is 4. The van der Waals surface area contributed by atoms with Crippen molar-refractivity contribution < 1.29 is 26.7 Å². The molecule has 0 amide bonds. The van der Waals surface area contributed by atoms with E-state index in [0.29, 0.717) is 46.7 Å². The van der Waals surface area contributed by atoms with Crippen molar-refractivity contribution in [1.29, 1.82) is 0 Å². The predicted octanol–water partition coefficient (Wildman–Crippen LogP) is 9.04. The molecule has 4 aromatic rings. The van der Waals surface area contributed by atoms with E-state index in [9.17, 15) is 17.6 Å². The van der Waals surface area contributed by atoms with Gasteiger partial charge in [-0.2, -0.15) is 8.78 Å². The third-order valence-corrected chi connectivity index (χ3v) is 6.33. The Kier molecular flexibility index (Phi) is 8.24. The van der Waals surface area contributed by atoms with Crippen LogP contribution in [0.3, 0.4) is 0 Å². The quantitative estimate of drug-likeness (QED) is 0.157. The van der Waals surface area contributed by atoms with E-state index in [2.05, 4.69) is 11.7 Å². The molecule has 0 atom stereocenters. The molecule has 0 radical (unpaired) electrons. The van der Waals surface area contributed by atoms with Crippen LogP contribution in [0.1, 0.15) is 42.9 Å². The third kappa shape index (κ3) is 6.04. The molecule has 0 aliphatic carbocycles. The van der Waals surface area contributed by atoms with Gasteiger partial charge in [0.2, 0.25) is 0 Å². The minimum Gasteiger partial charge on any atom is -0.435 e. The van der Waals surface area contributed by atoms with Gasteiger partial charge in [0.15, 0.2) is 0 Å². The van der Waals surface area contributed by atoms with Gasteiger partial charge in [0.1, 0.15) is 23.2 Å². The summed E-state index contributed by atoms with van der Waals surface area (Å²) in [6.07, 6.45) is 4.46. The fourth-order valence-corrected chi connectivity index (χ4v) is 4.43. The number of halogens is 5. The lowest BCUT2D eigenvalue weighted by Crippen LogP contribution is -2.02. The second-order valence-corrected chi connectivity index (χ2v) is 8.89. The van der Waals surface area contributed by atoms with E-state index in [1.165, 1.54) is 30.3 Å². The van der Waals surface area contributed by atoms with Crippen LogP contribution in [0.2, 0.25) is 0 Å². The highest BCUT2D eigenvalue weighted by molar-refractivity contribution is 5.88. The lowest BCUT2D eigenvalue weighted by Gasteiger charge is -2.11. The highest BCUT2D eigenvalue weighted by Gasteiger charge is 2.15. The Morgan fingerprint density at radius 3 is 2.11 bits per heavy atom. The Hall–Kier alpha value is -3.41. The Bertz CT molecular complexity index is 1310. The number of fused-ring (bicyclic) bond motifs is 1. The molecule has 4 aromatic carbocycles. The van der Waals surface area contributed by atoms with Crippen LogP contribution < -0.4 is 4.74 Å². The van der Waals surface area contributed by atoms with Gasteiger partial charge >= 0.3 is 6.61 Å². The highest BCUT2D eigenvalue weighted by Crippen LogP contribution is 2.32. The van der Waals surface area contributed by atoms with Gasteiger partial charge in [-0.1, -0.05) is 56.2 Å². The highest BCUT2D eigenvalue weighted by atomic mass is 19.3. The summed E-state index contributed by atoms with van der Waals surface area (Å²) in [5.74, 6) is -1.56. The summed E-state index contributed by atoms with van der Waals surface area (Å²) in [5, 5.41) is 0.919. The third-order valence-electron chi connectivity index (χ3n) is 6.33. The molecular weight excluding hydrogens is 471 g/mol. The first-order valence-corrected chi connectivity index (χ1v) is 12.1. The minimum absolute atomic E-state index is 0.0699. The van der Waals surface area contributed by atoms with Gasteiger partial charge in [0, 0.05) is 5.39 Å². The van der Waals surface area contributed by atoms with Crippen molar-refractivity contribution in [2.75, 3.05) is 0 Å². The Labute approximate surface area is 207 Å². The fourth-order valence-electron chi connectivity index (χ4n) is 4.43. The van der Waals surface area contributed by atoms with Crippen LogP contribution in [0.15, 0.2) is 66.7 Å². The van der Waals surface area contributed by atoms with Crippen molar-refractivity contribution in [3.05, 3.63) is 101 Å². The lowest BCUT2D eigenvalue weighted by atomic mass is 9.95. The first kappa shape index (κ1) is 25.7.